The molecule has 2 N–H and O–H groups in total. The van der Waals surface area contributed by atoms with Crippen LogP contribution in [-0.2, 0) is 9.84 Å². The third-order valence-corrected chi connectivity index (χ3v) is 3.64. The van der Waals surface area contributed by atoms with Gasteiger partial charge in [-0.1, -0.05) is 0 Å². The van der Waals surface area contributed by atoms with Crippen molar-refractivity contribution in [2.75, 3.05) is 11.6 Å². The molecule has 18 heavy (non-hydrogen) atoms. The van der Waals surface area contributed by atoms with Crippen LogP contribution in [0, 0.1) is 0 Å². The molecule has 0 aliphatic carbocycles. The molecule has 0 aliphatic heterocycles. The van der Waals surface area contributed by atoms with Gasteiger partial charge < -0.3 is 5.32 Å². The van der Waals surface area contributed by atoms with Crippen LogP contribution < -0.4 is 5.32 Å². The molecule has 0 saturated heterocycles. The monoisotopic (exact) mass is 266 g/mol. The topological polar surface area (TPSA) is 87.7 Å². The van der Waals surface area contributed by atoms with Crippen molar-refractivity contribution in [2.45, 2.75) is 17.9 Å². The fourth-order valence-corrected chi connectivity index (χ4v) is 2.17. The van der Waals surface area contributed by atoms with Crippen LogP contribution in [0.1, 0.15) is 18.8 Å². The number of rotatable bonds is 4. The van der Waals surface area contributed by atoms with E-state index in [-0.39, 0.29) is 6.04 Å². The van der Waals surface area contributed by atoms with Crippen LogP contribution in [0.4, 0.5) is 5.69 Å². The Balaban J connectivity index is 2.12. The van der Waals surface area contributed by atoms with E-state index >= 15 is 0 Å². The highest BCUT2D eigenvalue weighted by Gasteiger charge is 2.09. The zero-order valence-electron chi connectivity index (χ0n) is 10.1. The Bertz CT molecular complexity index is 605. The average Bonchev–Trinajstić information content (AvgIpc) is 2.82. The maximum atomic E-state index is 11.3. The van der Waals surface area contributed by atoms with E-state index in [1.54, 1.807) is 24.3 Å². The normalized spacial score (nSPS) is 13.2. The zero-order valence-corrected chi connectivity index (χ0v) is 10.9. The summed E-state index contributed by atoms with van der Waals surface area (Å²) in [6.07, 6.45) is 2.63. The molecule has 0 fully saturated rings. The molecule has 0 radical (unpaired) electrons. The van der Waals surface area contributed by atoms with Gasteiger partial charge in [0.25, 0.3) is 0 Å². The zero-order chi connectivity index (χ0) is 13.2. The lowest BCUT2D eigenvalue weighted by Gasteiger charge is -2.12. The molecule has 0 bridgehead atoms. The lowest BCUT2D eigenvalue weighted by molar-refractivity contribution is 0.602. The van der Waals surface area contributed by atoms with Crippen molar-refractivity contribution >= 4 is 15.5 Å². The number of anilines is 1. The highest BCUT2D eigenvalue weighted by Crippen LogP contribution is 2.18. The largest absolute Gasteiger partial charge is 0.375 e. The van der Waals surface area contributed by atoms with Gasteiger partial charge in [0.2, 0.25) is 0 Å². The molecule has 6 nitrogen and oxygen atoms in total. The summed E-state index contributed by atoms with van der Waals surface area (Å²) < 4.78 is 22.6. The molecule has 1 atom stereocenters. The van der Waals surface area contributed by atoms with Gasteiger partial charge in [-0.05, 0) is 31.2 Å². The van der Waals surface area contributed by atoms with Crippen LogP contribution in [0.3, 0.4) is 0 Å². The third kappa shape index (κ3) is 2.86. The fourth-order valence-electron chi connectivity index (χ4n) is 1.54. The highest BCUT2D eigenvalue weighted by molar-refractivity contribution is 7.90. The standard InChI is InChI=1S/C11H14N4O2S/c1-8(11-12-7-13-15-11)14-9-3-5-10(6-4-9)18(2,16)17/h3-8,14H,1-2H3,(H,12,13,15). The minimum Gasteiger partial charge on any atom is -0.375 e. The second-order valence-corrected chi connectivity index (χ2v) is 6.05. The number of hydrogen-bond donors (Lipinski definition) is 2. The average molecular weight is 266 g/mol. The van der Waals surface area contributed by atoms with Gasteiger partial charge in [0.05, 0.1) is 10.9 Å². The first-order chi connectivity index (χ1) is 8.47. The lowest BCUT2D eigenvalue weighted by Crippen LogP contribution is -2.08. The number of sulfone groups is 1. The van der Waals surface area contributed by atoms with Crippen molar-refractivity contribution in [1.29, 1.82) is 0 Å². The minimum absolute atomic E-state index is 0.0309. The smallest absolute Gasteiger partial charge is 0.175 e. The summed E-state index contributed by atoms with van der Waals surface area (Å²) in [4.78, 5) is 4.35. The number of hydrogen-bond acceptors (Lipinski definition) is 5. The summed E-state index contributed by atoms with van der Waals surface area (Å²) in [6, 6.07) is 6.57. The van der Waals surface area contributed by atoms with Crippen molar-refractivity contribution in [3.63, 3.8) is 0 Å². The van der Waals surface area contributed by atoms with E-state index < -0.39 is 9.84 Å². The molecule has 1 aromatic carbocycles. The number of aromatic nitrogens is 3. The summed E-state index contributed by atoms with van der Waals surface area (Å²) in [5.41, 5.74) is 0.825. The van der Waals surface area contributed by atoms with Crippen molar-refractivity contribution < 1.29 is 8.42 Å². The first-order valence-corrected chi connectivity index (χ1v) is 7.28. The molecule has 1 unspecified atom stereocenters. The van der Waals surface area contributed by atoms with Crippen molar-refractivity contribution in [3.05, 3.63) is 36.4 Å². The number of nitrogens with one attached hydrogen (secondary N) is 2. The van der Waals surface area contributed by atoms with Crippen LogP contribution in [-0.4, -0.2) is 29.9 Å². The van der Waals surface area contributed by atoms with Gasteiger partial charge in [-0.2, -0.15) is 5.10 Å². The fraction of sp³-hybridized carbons (Fsp3) is 0.273. The Morgan fingerprint density at radius 1 is 1.28 bits per heavy atom. The molecule has 1 heterocycles. The second kappa shape index (κ2) is 4.77. The van der Waals surface area contributed by atoms with Crippen LogP contribution in [0.15, 0.2) is 35.5 Å². The molecule has 0 aliphatic rings. The van der Waals surface area contributed by atoms with E-state index in [1.807, 2.05) is 6.92 Å². The first-order valence-electron chi connectivity index (χ1n) is 5.39. The Hall–Kier alpha value is -1.89. The van der Waals surface area contributed by atoms with Gasteiger partial charge in [-0.3, -0.25) is 5.10 Å². The number of nitrogens with zero attached hydrogens (tertiary/aromatic N) is 2. The van der Waals surface area contributed by atoms with Gasteiger partial charge >= 0.3 is 0 Å². The van der Waals surface area contributed by atoms with Gasteiger partial charge in [0.1, 0.15) is 12.2 Å². The van der Waals surface area contributed by atoms with E-state index in [2.05, 4.69) is 20.5 Å². The first kappa shape index (κ1) is 12.6. The van der Waals surface area contributed by atoms with Gasteiger partial charge in [-0.15, -0.1) is 0 Å². The molecule has 0 amide bonds. The maximum absolute atomic E-state index is 11.3. The second-order valence-electron chi connectivity index (χ2n) is 4.03. The van der Waals surface area contributed by atoms with Crippen LogP contribution in [0.25, 0.3) is 0 Å². The van der Waals surface area contributed by atoms with Crippen LogP contribution >= 0.6 is 0 Å². The van der Waals surface area contributed by atoms with Gasteiger partial charge in [-0.25, -0.2) is 13.4 Å². The van der Waals surface area contributed by atoms with Crippen molar-refractivity contribution in [3.8, 4) is 0 Å². The predicted octanol–water partition coefficient (Wildman–Crippen LogP) is 1.38. The van der Waals surface area contributed by atoms with E-state index in [4.69, 9.17) is 0 Å². The van der Waals surface area contributed by atoms with Crippen molar-refractivity contribution in [1.82, 2.24) is 15.2 Å². The van der Waals surface area contributed by atoms with Gasteiger partial charge in [0, 0.05) is 11.9 Å². The third-order valence-electron chi connectivity index (χ3n) is 2.51. The molecule has 7 heteroatoms. The molecule has 0 saturated carbocycles. The SMILES string of the molecule is CC(Nc1ccc(S(C)(=O)=O)cc1)c1ncn[nH]1. The summed E-state index contributed by atoms with van der Waals surface area (Å²) in [7, 11) is -3.15. The van der Waals surface area contributed by atoms with E-state index in [1.165, 1.54) is 12.6 Å². The molecule has 96 valence electrons. The Morgan fingerprint density at radius 2 is 1.94 bits per heavy atom. The maximum Gasteiger partial charge on any atom is 0.175 e. The van der Waals surface area contributed by atoms with E-state index in [0.29, 0.717) is 4.90 Å². The summed E-state index contributed by atoms with van der Waals surface area (Å²) in [5, 5.41) is 9.74. The minimum atomic E-state index is -3.15. The Kier molecular flexibility index (Phi) is 3.33. The molecule has 1 aromatic heterocycles. The molecule has 0 spiro atoms. The number of benzene rings is 1. The molecular weight excluding hydrogens is 252 g/mol. The molecule has 2 aromatic rings. The van der Waals surface area contributed by atoms with Crippen LogP contribution in [0.5, 0.6) is 0 Å². The summed E-state index contributed by atoms with van der Waals surface area (Å²) >= 11 is 0. The number of H-pyrrole nitrogens is 1. The van der Waals surface area contributed by atoms with Crippen molar-refractivity contribution in [2.24, 2.45) is 0 Å². The summed E-state index contributed by atoms with van der Waals surface area (Å²) in [6.45, 7) is 1.94. The molecule has 2 rings (SSSR count). The summed E-state index contributed by atoms with van der Waals surface area (Å²) in [5.74, 6) is 0.724. The van der Waals surface area contributed by atoms with E-state index in [0.717, 1.165) is 11.5 Å². The van der Waals surface area contributed by atoms with Crippen LogP contribution in [0.2, 0.25) is 0 Å². The Morgan fingerprint density at radius 3 is 2.44 bits per heavy atom. The number of aromatic amines is 1. The van der Waals surface area contributed by atoms with E-state index in [9.17, 15) is 8.42 Å². The van der Waals surface area contributed by atoms with Gasteiger partial charge in [0.15, 0.2) is 9.84 Å². The highest BCUT2D eigenvalue weighted by atomic mass is 32.2. The Labute approximate surface area is 105 Å². The molecular formula is C11H14N4O2S. The predicted molar refractivity (Wildman–Crippen MR) is 68.0 cm³/mol. The lowest BCUT2D eigenvalue weighted by atomic mass is 10.2. The quantitative estimate of drug-likeness (QED) is 0.873.